The molecule has 128 valence electrons. The Bertz CT molecular complexity index is 1110. The molecule has 0 spiro atoms. The normalized spacial score (nSPS) is 10.9. The lowest BCUT2D eigenvalue weighted by atomic mass is 10.0. The first-order valence-corrected chi connectivity index (χ1v) is 8.32. The predicted octanol–water partition coefficient (Wildman–Crippen LogP) is 2.48. The summed E-state index contributed by atoms with van der Waals surface area (Å²) in [6, 6.07) is 20.0. The molecule has 0 fully saturated rings. The molecule has 0 aliphatic rings. The molecule has 6 nitrogen and oxygen atoms in total. The number of aromatic amines is 1. The standard InChI is InChI=1S/C20H17N5O/c21-20-24-18-17(19(26)25-20)22-15(11-13-7-3-1-4-8-13)16(23-18)12-14-9-5-2-6-10-14/h1-10H,11-12H2,(H3,21,23,24,25,26). The predicted molar refractivity (Wildman–Crippen MR) is 101 cm³/mol. The Morgan fingerprint density at radius 1 is 0.769 bits per heavy atom. The summed E-state index contributed by atoms with van der Waals surface area (Å²) in [5, 5.41) is 0. The van der Waals surface area contributed by atoms with Crippen LogP contribution in [0.15, 0.2) is 65.5 Å². The van der Waals surface area contributed by atoms with E-state index in [-0.39, 0.29) is 22.7 Å². The Morgan fingerprint density at radius 3 is 1.88 bits per heavy atom. The van der Waals surface area contributed by atoms with E-state index in [1.807, 2.05) is 60.7 Å². The SMILES string of the molecule is Nc1nc2nc(Cc3ccccc3)c(Cc3ccccc3)nc2c(=O)[nH]1. The van der Waals surface area contributed by atoms with E-state index in [0.717, 1.165) is 22.5 Å². The van der Waals surface area contributed by atoms with Crippen LogP contribution in [0.1, 0.15) is 22.5 Å². The molecule has 0 amide bonds. The summed E-state index contributed by atoms with van der Waals surface area (Å²) in [6.45, 7) is 0. The Morgan fingerprint density at radius 2 is 1.31 bits per heavy atom. The van der Waals surface area contributed by atoms with Crippen molar-refractivity contribution in [3.63, 3.8) is 0 Å². The highest BCUT2D eigenvalue weighted by molar-refractivity contribution is 5.70. The number of rotatable bonds is 4. The average molecular weight is 343 g/mol. The van der Waals surface area contributed by atoms with Crippen molar-refractivity contribution in [2.24, 2.45) is 0 Å². The van der Waals surface area contributed by atoms with Gasteiger partial charge in [-0.2, -0.15) is 4.98 Å². The lowest BCUT2D eigenvalue weighted by Crippen LogP contribution is -2.16. The number of hydrogen-bond acceptors (Lipinski definition) is 5. The first-order valence-electron chi connectivity index (χ1n) is 8.32. The second-order valence-corrected chi connectivity index (χ2v) is 6.07. The average Bonchev–Trinajstić information content (AvgIpc) is 2.64. The Labute approximate surface area is 149 Å². The molecule has 0 aliphatic heterocycles. The van der Waals surface area contributed by atoms with Crippen molar-refractivity contribution in [3.8, 4) is 0 Å². The Balaban J connectivity index is 1.85. The quantitative estimate of drug-likeness (QED) is 0.593. The van der Waals surface area contributed by atoms with E-state index in [2.05, 4.69) is 19.9 Å². The van der Waals surface area contributed by atoms with Gasteiger partial charge in [-0.05, 0) is 11.1 Å². The molecule has 6 heteroatoms. The fourth-order valence-electron chi connectivity index (χ4n) is 2.90. The third-order valence-electron chi connectivity index (χ3n) is 4.14. The van der Waals surface area contributed by atoms with E-state index < -0.39 is 0 Å². The van der Waals surface area contributed by atoms with E-state index in [1.165, 1.54) is 0 Å². The Hall–Kier alpha value is -3.54. The zero-order valence-corrected chi connectivity index (χ0v) is 14.0. The van der Waals surface area contributed by atoms with E-state index >= 15 is 0 Å². The van der Waals surface area contributed by atoms with Gasteiger partial charge in [0.15, 0.2) is 11.2 Å². The van der Waals surface area contributed by atoms with Crippen molar-refractivity contribution < 1.29 is 0 Å². The van der Waals surface area contributed by atoms with Crippen LogP contribution in [0.25, 0.3) is 11.2 Å². The van der Waals surface area contributed by atoms with Gasteiger partial charge in [0, 0.05) is 12.8 Å². The number of fused-ring (bicyclic) bond motifs is 1. The van der Waals surface area contributed by atoms with Crippen molar-refractivity contribution in [1.82, 2.24) is 19.9 Å². The van der Waals surface area contributed by atoms with Crippen LogP contribution in [0, 0.1) is 0 Å². The third kappa shape index (κ3) is 3.30. The molecular formula is C20H17N5O. The zero-order valence-electron chi connectivity index (χ0n) is 14.0. The summed E-state index contributed by atoms with van der Waals surface area (Å²) in [5.41, 5.74) is 9.55. The van der Waals surface area contributed by atoms with Crippen LogP contribution in [0.3, 0.4) is 0 Å². The van der Waals surface area contributed by atoms with E-state index in [0.29, 0.717) is 12.8 Å². The summed E-state index contributed by atoms with van der Waals surface area (Å²) < 4.78 is 0. The number of anilines is 1. The number of H-pyrrole nitrogens is 1. The molecule has 0 saturated carbocycles. The van der Waals surface area contributed by atoms with Crippen LogP contribution >= 0.6 is 0 Å². The van der Waals surface area contributed by atoms with Crippen molar-refractivity contribution in [1.29, 1.82) is 0 Å². The number of benzene rings is 2. The fourth-order valence-corrected chi connectivity index (χ4v) is 2.90. The van der Waals surface area contributed by atoms with Gasteiger partial charge in [0.1, 0.15) is 0 Å². The largest absolute Gasteiger partial charge is 0.369 e. The molecule has 4 aromatic rings. The van der Waals surface area contributed by atoms with Crippen LogP contribution < -0.4 is 11.3 Å². The summed E-state index contributed by atoms with van der Waals surface area (Å²) in [6.07, 6.45) is 1.20. The van der Waals surface area contributed by atoms with Gasteiger partial charge >= 0.3 is 0 Å². The minimum atomic E-state index is -0.374. The molecule has 2 heterocycles. The van der Waals surface area contributed by atoms with Gasteiger partial charge in [-0.3, -0.25) is 9.78 Å². The van der Waals surface area contributed by atoms with Crippen LogP contribution in [0.5, 0.6) is 0 Å². The minimum Gasteiger partial charge on any atom is -0.369 e. The van der Waals surface area contributed by atoms with Gasteiger partial charge in [0.25, 0.3) is 5.56 Å². The van der Waals surface area contributed by atoms with Crippen LogP contribution in [0.2, 0.25) is 0 Å². The highest BCUT2D eigenvalue weighted by Crippen LogP contribution is 2.17. The molecule has 0 atom stereocenters. The number of nitrogens with zero attached hydrogens (tertiary/aromatic N) is 3. The highest BCUT2D eigenvalue weighted by atomic mass is 16.1. The maximum atomic E-state index is 12.2. The molecule has 2 aromatic carbocycles. The van der Waals surface area contributed by atoms with Crippen LogP contribution in [-0.4, -0.2) is 19.9 Å². The number of nitrogens with two attached hydrogens (primary N) is 1. The smallest absolute Gasteiger partial charge is 0.280 e. The summed E-state index contributed by atoms with van der Waals surface area (Å²) in [4.78, 5) is 28.0. The molecule has 26 heavy (non-hydrogen) atoms. The molecule has 0 bridgehead atoms. The van der Waals surface area contributed by atoms with Gasteiger partial charge in [-0.1, -0.05) is 60.7 Å². The molecule has 0 aliphatic carbocycles. The van der Waals surface area contributed by atoms with Crippen molar-refractivity contribution in [3.05, 3.63) is 93.5 Å². The topological polar surface area (TPSA) is 97.5 Å². The summed E-state index contributed by atoms with van der Waals surface area (Å²) >= 11 is 0. The van der Waals surface area contributed by atoms with Crippen LogP contribution in [-0.2, 0) is 12.8 Å². The molecule has 0 unspecified atom stereocenters. The lowest BCUT2D eigenvalue weighted by Gasteiger charge is -2.10. The molecule has 2 aromatic heterocycles. The third-order valence-corrected chi connectivity index (χ3v) is 4.14. The van der Waals surface area contributed by atoms with Crippen molar-refractivity contribution in [2.75, 3.05) is 5.73 Å². The van der Waals surface area contributed by atoms with Crippen molar-refractivity contribution in [2.45, 2.75) is 12.8 Å². The van der Waals surface area contributed by atoms with E-state index in [1.54, 1.807) is 0 Å². The zero-order chi connectivity index (χ0) is 17.9. The molecule has 3 N–H and O–H groups in total. The first kappa shape index (κ1) is 16.0. The van der Waals surface area contributed by atoms with E-state index in [4.69, 9.17) is 5.73 Å². The number of nitrogens with one attached hydrogen (secondary N) is 1. The molecule has 0 radical (unpaired) electrons. The Kier molecular flexibility index (Phi) is 4.15. The minimum absolute atomic E-state index is 0.0401. The van der Waals surface area contributed by atoms with Gasteiger partial charge < -0.3 is 5.73 Å². The first-order chi connectivity index (χ1) is 12.7. The molecule has 4 rings (SSSR count). The number of aromatic nitrogens is 4. The number of hydrogen-bond donors (Lipinski definition) is 2. The maximum Gasteiger partial charge on any atom is 0.280 e. The van der Waals surface area contributed by atoms with Gasteiger partial charge in [0.2, 0.25) is 5.95 Å². The number of nitrogen functional groups attached to an aromatic ring is 1. The second kappa shape index (κ2) is 6.76. The van der Waals surface area contributed by atoms with Gasteiger partial charge in [-0.15, -0.1) is 0 Å². The molecule has 0 saturated heterocycles. The lowest BCUT2D eigenvalue weighted by molar-refractivity contribution is 0.951. The van der Waals surface area contributed by atoms with Crippen LogP contribution in [0.4, 0.5) is 5.95 Å². The summed E-state index contributed by atoms with van der Waals surface area (Å²) in [5.74, 6) is 0.0401. The van der Waals surface area contributed by atoms with Gasteiger partial charge in [0.05, 0.1) is 11.4 Å². The maximum absolute atomic E-state index is 12.2. The monoisotopic (exact) mass is 343 g/mol. The van der Waals surface area contributed by atoms with Crippen molar-refractivity contribution >= 4 is 17.1 Å². The fraction of sp³-hybridized carbons (Fsp3) is 0.100. The van der Waals surface area contributed by atoms with Gasteiger partial charge in [-0.25, -0.2) is 9.97 Å². The highest BCUT2D eigenvalue weighted by Gasteiger charge is 2.14. The second-order valence-electron chi connectivity index (χ2n) is 6.07. The summed E-state index contributed by atoms with van der Waals surface area (Å²) in [7, 11) is 0. The molecular weight excluding hydrogens is 326 g/mol. The van der Waals surface area contributed by atoms with E-state index in [9.17, 15) is 4.79 Å².